The number of pyridine rings is 3. The molecule has 4 fully saturated rings. The fraction of sp³-hybridized carbons (Fsp3) is 0.487. The first-order valence-corrected chi connectivity index (χ1v) is 20.3. The van der Waals surface area contributed by atoms with E-state index in [1.807, 2.05) is 23.4 Å². The van der Waals surface area contributed by atoms with Gasteiger partial charge in [-0.15, -0.1) is 10.2 Å². The number of hydrogen-bond acceptors (Lipinski definition) is 12. The first kappa shape index (κ1) is 37.4. The van der Waals surface area contributed by atoms with Gasteiger partial charge in [-0.05, 0) is 71.3 Å². The summed E-state index contributed by atoms with van der Waals surface area (Å²) in [5.41, 5.74) is 0.384. The number of aromatic nitrogens is 5. The number of carbonyl (C=O) groups is 1. The molecule has 57 heavy (non-hydrogen) atoms. The summed E-state index contributed by atoms with van der Waals surface area (Å²) in [7, 11) is 5.65. The van der Waals surface area contributed by atoms with Crippen LogP contribution in [0.5, 0.6) is 5.75 Å². The number of piperidine rings is 1. The number of methoxy groups -OCH3 is 1. The summed E-state index contributed by atoms with van der Waals surface area (Å²) in [5.74, 6) is -0.145. The Morgan fingerprint density at radius 3 is 2.42 bits per heavy atom. The Morgan fingerprint density at radius 1 is 0.930 bits per heavy atom. The number of benzene rings is 1. The Bertz CT molecular complexity index is 2530. The summed E-state index contributed by atoms with van der Waals surface area (Å²) in [4.78, 5) is 54.0. The van der Waals surface area contributed by atoms with Gasteiger partial charge in [0.25, 0.3) is 0 Å². The molecule has 0 bridgehead atoms. The van der Waals surface area contributed by atoms with Gasteiger partial charge in [0.1, 0.15) is 17.0 Å². The molecule has 0 radical (unpaired) electrons. The molecule has 0 spiro atoms. The number of amides is 2. The Morgan fingerprint density at radius 2 is 1.70 bits per heavy atom. The molecule has 15 nitrogen and oxygen atoms in total. The number of anilines is 4. The molecule has 2 atom stereocenters. The van der Waals surface area contributed by atoms with E-state index >= 15 is 8.78 Å². The summed E-state index contributed by atoms with van der Waals surface area (Å²) >= 11 is 0.973. The summed E-state index contributed by atoms with van der Waals surface area (Å²) in [6, 6.07) is 2.15. The van der Waals surface area contributed by atoms with Crippen LogP contribution in [0.4, 0.5) is 35.9 Å². The van der Waals surface area contributed by atoms with E-state index in [0.29, 0.717) is 60.7 Å². The maximum absolute atomic E-state index is 16.3. The van der Waals surface area contributed by atoms with Crippen molar-refractivity contribution in [2.75, 3.05) is 87.5 Å². The van der Waals surface area contributed by atoms with Gasteiger partial charge in [0.15, 0.2) is 33.6 Å². The Kier molecular flexibility index (Phi) is 9.59. The molecule has 2 unspecified atom stereocenters. The van der Waals surface area contributed by atoms with Crippen molar-refractivity contribution in [3.05, 3.63) is 56.6 Å². The van der Waals surface area contributed by atoms with E-state index in [2.05, 4.69) is 47.6 Å². The van der Waals surface area contributed by atoms with Crippen LogP contribution in [0, 0.1) is 17.6 Å². The minimum absolute atomic E-state index is 0.0395. The first-order chi connectivity index (χ1) is 27.5. The van der Waals surface area contributed by atoms with Crippen LogP contribution < -0.4 is 36.0 Å². The number of piperazine rings is 1. The highest BCUT2D eigenvalue weighted by Crippen LogP contribution is 2.46. The number of carbonyl (C=O) groups excluding carboxylic acids is 1. The second-order valence-electron chi connectivity index (χ2n) is 15.6. The van der Waals surface area contributed by atoms with Gasteiger partial charge in [-0.25, -0.2) is 18.6 Å². The predicted octanol–water partition coefficient (Wildman–Crippen LogP) is 4.80. The zero-order valence-corrected chi connectivity index (χ0v) is 33.2. The monoisotopic (exact) mass is 801 g/mol. The van der Waals surface area contributed by atoms with E-state index in [9.17, 15) is 14.4 Å². The van der Waals surface area contributed by atoms with E-state index < -0.39 is 28.5 Å². The number of likely N-dealkylation sites (N-methyl/N-ethyl adjacent to an activating group) is 2. The highest BCUT2D eigenvalue weighted by Gasteiger charge is 2.40. The Balaban J connectivity index is 0.990. The molecule has 4 aliphatic rings. The summed E-state index contributed by atoms with van der Waals surface area (Å²) < 4.78 is 41.3. The number of nitrogens with zero attached hydrogens (tertiary/aromatic N) is 9. The standard InChI is InChI=1S/C39H45F2N11O4S/c1-5-49-19-28(33(54)24-16-27(41)36(43-35(24)49)50-13-11-47(2)12-14-50)42-38(55)44-39-46-45-37(57-39)25-18-52(22-8-9-22)30-23(32(25)53)15-26(40)31(34(30)56-4)51-17-21-7-6-10-48(3)29(21)20-51/h15-16,18-19,21-22,29H,5-14,17,20H2,1-4H3,(H2,42,44,46,55). The number of ether oxygens (including phenoxy) is 1. The summed E-state index contributed by atoms with van der Waals surface area (Å²) in [6.07, 6.45) is 7.21. The lowest BCUT2D eigenvalue weighted by Gasteiger charge is -2.33. The van der Waals surface area contributed by atoms with Crippen molar-refractivity contribution in [3.63, 3.8) is 0 Å². The number of nitrogens with one attached hydrogen (secondary N) is 2. The van der Waals surface area contributed by atoms with Gasteiger partial charge < -0.3 is 38.8 Å². The van der Waals surface area contributed by atoms with Gasteiger partial charge in [-0.2, -0.15) is 0 Å². The number of aryl methyl sites for hydroxylation is 1. The van der Waals surface area contributed by atoms with Gasteiger partial charge in [0.05, 0.1) is 29.0 Å². The van der Waals surface area contributed by atoms with E-state index in [1.54, 1.807) is 10.8 Å². The molecule has 300 valence electrons. The fourth-order valence-electron chi connectivity index (χ4n) is 8.79. The predicted molar refractivity (Wildman–Crippen MR) is 217 cm³/mol. The van der Waals surface area contributed by atoms with Crippen LogP contribution in [0.15, 0.2) is 34.1 Å². The molecule has 7 heterocycles. The second-order valence-corrected chi connectivity index (χ2v) is 16.6. The minimum atomic E-state index is -0.777. The summed E-state index contributed by atoms with van der Waals surface area (Å²) in [6.45, 7) is 7.45. The van der Waals surface area contributed by atoms with Crippen LogP contribution in [0.1, 0.15) is 38.6 Å². The van der Waals surface area contributed by atoms with Crippen molar-refractivity contribution in [3.8, 4) is 16.3 Å². The highest BCUT2D eigenvalue weighted by molar-refractivity contribution is 7.18. The molecular weight excluding hydrogens is 757 g/mol. The van der Waals surface area contributed by atoms with Crippen LogP contribution in [0.2, 0.25) is 0 Å². The maximum atomic E-state index is 16.3. The van der Waals surface area contributed by atoms with Crippen LogP contribution >= 0.6 is 11.3 Å². The van der Waals surface area contributed by atoms with Gasteiger partial charge in [-0.1, -0.05) is 11.3 Å². The molecule has 4 aromatic heterocycles. The van der Waals surface area contributed by atoms with Gasteiger partial charge >= 0.3 is 6.03 Å². The van der Waals surface area contributed by atoms with Crippen molar-refractivity contribution in [2.45, 2.75) is 51.2 Å². The molecular formula is C39H45F2N11O4S. The minimum Gasteiger partial charge on any atom is -0.492 e. The van der Waals surface area contributed by atoms with Crippen molar-refractivity contribution in [2.24, 2.45) is 5.92 Å². The van der Waals surface area contributed by atoms with Crippen molar-refractivity contribution in [1.82, 2.24) is 34.1 Å². The number of fused-ring (bicyclic) bond motifs is 3. The molecule has 18 heteroatoms. The van der Waals surface area contributed by atoms with E-state index in [-0.39, 0.29) is 44.0 Å². The molecule has 5 aromatic rings. The number of likely N-dealkylation sites (tertiary alicyclic amines) is 1. The van der Waals surface area contributed by atoms with Crippen molar-refractivity contribution < 1.29 is 18.3 Å². The lowest BCUT2D eigenvalue weighted by Crippen LogP contribution is -2.45. The van der Waals surface area contributed by atoms with E-state index in [4.69, 9.17) is 4.74 Å². The number of rotatable bonds is 8. The normalized spacial score (nSPS) is 20.4. The zero-order chi connectivity index (χ0) is 39.7. The van der Waals surface area contributed by atoms with E-state index in [0.717, 1.165) is 63.2 Å². The number of urea groups is 1. The van der Waals surface area contributed by atoms with Crippen LogP contribution in [0.3, 0.4) is 0 Å². The van der Waals surface area contributed by atoms with Crippen LogP contribution in [-0.4, -0.2) is 113 Å². The van der Waals surface area contributed by atoms with Gasteiger partial charge in [0, 0.05) is 70.3 Å². The SMILES string of the molecule is CCn1cc(NC(=O)Nc2nnc(-c3cn(C4CC4)c4c(OC)c(N5CC6CCCN(C)C6C5)c(F)cc4c3=O)s2)c(=O)c2cc(F)c(N3CCN(C)CC3)nc21. The molecule has 2 N–H and O–H groups in total. The second kappa shape index (κ2) is 14.6. The first-order valence-electron chi connectivity index (χ1n) is 19.5. The van der Waals surface area contributed by atoms with Crippen LogP contribution in [-0.2, 0) is 6.54 Å². The Hall–Kier alpha value is -5.20. The van der Waals surface area contributed by atoms with Crippen molar-refractivity contribution in [1.29, 1.82) is 0 Å². The molecule has 2 amide bonds. The van der Waals surface area contributed by atoms with Gasteiger partial charge in [0.2, 0.25) is 10.6 Å². The quantitative estimate of drug-likeness (QED) is 0.223. The molecule has 9 rings (SSSR count). The number of hydrogen-bond donors (Lipinski definition) is 2. The zero-order valence-electron chi connectivity index (χ0n) is 32.3. The third-order valence-electron chi connectivity index (χ3n) is 12.0. The van der Waals surface area contributed by atoms with Crippen molar-refractivity contribution >= 4 is 61.6 Å². The molecule has 1 aliphatic carbocycles. The lowest BCUT2D eigenvalue weighted by atomic mass is 9.93. The average molecular weight is 802 g/mol. The molecule has 1 aromatic carbocycles. The number of halogens is 2. The molecule has 1 saturated carbocycles. The molecule has 3 aliphatic heterocycles. The van der Waals surface area contributed by atoms with Crippen LogP contribution in [0.25, 0.3) is 32.5 Å². The lowest BCUT2D eigenvalue weighted by molar-refractivity contribution is 0.158. The topological polar surface area (TPSA) is 146 Å². The third kappa shape index (κ3) is 6.66. The third-order valence-corrected chi connectivity index (χ3v) is 12.8. The largest absolute Gasteiger partial charge is 0.492 e. The average Bonchev–Trinajstić information content (AvgIpc) is 3.78. The highest BCUT2D eigenvalue weighted by atomic mass is 32.1. The maximum Gasteiger partial charge on any atom is 0.325 e. The molecule has 3 saturated heterocycles. The fourth-order valence-corrected chi connectivity index (χ4v) is 9.54. The van der Waals surface area contributed by atoms with Gasteiger partial charge in [-0.3, -0.25) is 14.9 Å². The smallest absolute Gasteiger partial charge is 0.325 e. The summed E-state index contributed by atoms with van der Waals surface area (Å²) in [5, 5.41) is 14.0. The Labute approximate surface area is 330 Å². The van der Waals surface area contributed by atoms with E-state index in [1.165, 1.54) is 25.4 Å².